The van der Waals surface area contributed by atoms with Crippen LogP contribution in [0, 0.1) is 11.8 Å². The number of hydrogen-bond donors (Lipinski definition) is 0. The third kappa shape index (κ3) is 7.63. The van der Waals surface area contributed by atoms with Crippen molar-refractivity contribution in [2.24, 2.45) is 11.8 Å². The van der Waals surface area contributed by atoms with Crippen LogP contribution >= 0.6 is 0 Å². The molecule has 0 N–H and O–H groups in total. The van der Waals surface area contributed by atoms with Crippen molar-refractivity contribution in [3.63, 3.8) is 0 Å². The molecule has 1 heterocycles. The molecule has 22 heavy (non-hydrogen) atoms. The predicted octanol–water partition coefficient (Wildman–Crippen LogP) is 5.60. The van der Waals surface area contributed by atoms with E-state index in [9.17, 15) is 4.79 Å². The number of esters is 1. The Morgan fingerprint density at radius 3 is 2.50 bits per heavy atom. The first kappa shape index (κ1) is 18.7. The third-order valence-corrected chi connectivity index (χ3v) is 4.33. The minimum absolute atomic E-state index is 0.0616. The van der Waals surface area contributed by atoms with Crippen molar-refractivity contribution >= 4 is 5.97 Å². The van der Waals surface area contributed by atoms with Crippen LogP contribution in [0.4, 0.5) is 0 Å². The summed E-state index contributed by atoms with van der Waals surface area (Å²) in [7, 11) is 0. The molecule has 1 rings (SSSR count). The largest absolute Gasteiger partial charge is 0.462 e. The molecule has 1 aliphatic heterocycles. The van der Waals surface area contributed by atoms with Crippen LogP contribution in [0.25, 0.3) is 0 Å². The van der Waals surface area contributed by atoms with Gasteiger partial charge in [-0.15, -0.1) is 0 Å². The molecular weight excluding hydrogens is 272 g/mol. The SMILES string of the molecule is C/C1=C\[C@@H](C)C/C=C/[C@H](C)[C@H](C)OC(=O)CC/C(C)=C/CC1. The molecule has 0 aliphatic carbocycles. The molecule has 124 valence electrons. The fraction of sp³-hybridized carbons (Fsp3) is 0.650. The number of carbonyl (C=O) groups is 1. The van der Waals surface area contributed by atoms with E-state index in [-0.39, 0.29) is 18.0 Å². The minimum Gasteiger partial charge on any atom is -0.462 e. The second-order valence-corrected chi connectivity index (χ2v) is 6.80. The lowest BCUT2D eigenvalue weighted by molar-refractivity contribution is -0.149. The summed E-state index contributed by atoms with van der Waals surface area (Å²) < 4.78 is 5.53. The summed E-state index contributed by atoms with van der Waals surface area (Å²) in [6.07, 6.45) is 13.5. The highest BCUT2D eigenvalue weighted by molar-refractivity contribution is 5.69. The molecular formula is C20H32O2. The smallest absolute Gasteiger partial charge is 0.306 e. The third-order valence-electron chi connectivity index (χ3n) is 4.33. The maximum atomic E-state index is 11.9. The molecule has 0 fully saturated rings. The maximum Gasteiger partial charge on any atom is 0.306 e. The molecule has 1 aliphatic rings. The Hall–Kier alpha value is -1.31. The Bertz CT molecular complexity index is 443. The number of ether oxygens (including phenoxy) is 1. The van der Waals surface area contributed by atoms with Gasteiger partial charge in [-0.1, -0.05) is 49.3 Å². The van der Waals surface area contributed by atoms with E-state index in [4.69, 9.17) is 4.74 Å². The minimum atomic E-state index is -0.0861. The second-order valence-electron chi connectivity index (χ2n) is 6.80. The Labute approximate surface area is 136 Å². The first-order valence-electron chi connectivity index (χ1n) is 8.57. The topological polar surface area (TPSA) is 26.3 Å². The lowest BCUT2D eigenvalue weighted by Gasteiger charge is -2.18. The van der Waals surface area contributed by atoms with Gasteiger partial charge in [-0.05, 0) is 52.4 Å². The van der Waals surface area contributed by atoms with E-state index in [1.165, 1.54) is 11.1 Å². The molecule has 2 heteroatoms. The van der Waals surface area contributed by atoms with E-state index in [0.29, 0.717) is 12.3 Å². The van der Waals surface area contributed by atoms with Crippen molar-refractivity contribution in [3.8, 4) is 0 Å². The van der Waals surface area contributed by atoms with Crippen molar-refractivity contribution in [2.75, 3.05) is 0 Å². The van der Waals surface area contributed by atoms with Crippen molar-refractivity contribution in [3.05, 3.63) is 35.5 Å². The Morgan fingerprint density at radius 1 is 1.05 bits per heavy atom. The van der Waals surface area contributed by atoms with Crippen molar-refractivity contribution < 1.29 is 9.53 Å². The Morgan fingerprint density at radius 2 is 1.77 bits per heavy atom. The zero-order chi connectivity index (χ0) is 16.5. The van der Waals surface area contributed by atoms with Gasteiger partial charge in [-0.3, -0.25) is 4.79 Å². The fourth-order valence-corrected chi connectivity index (χ4v) is 2.62. The summed E-state index contributed by atoms with van der Waals surface area (Å²) in [5.41, 5.74) is 2.74. The van der Waals surface area contributed by atoms with Gasteiger partial charge in [0.2, 0.25) is 0 Å². The van der Waals surface area contributed by atoms with Gasteiger partial charge in [0.15, 0.2) is 0 Å². The van der Waals surface area contributed by atoms with E-state index in [1.807, 2.05) is 6.92 Å². The van der Waals surface area contributed by atoms with Crippen LogP contribution in [0.1, 0.15) is 66.7 Å². The molecule has 0 radical (unpaired) electrons. The van der Waals surface area contributed by atoms with Gasteiger partial charge < -0.3 is 4.74 Å². The molecule has 0 spiro atoms. The van der Waals surface area contributed by atoms with Gasteiger partial charge in [0, 0.05) is 12.3 Å². The first-order valence-corrected chi connectivity index (χ1v) is 8.57. The fourth-order valence-electron chi connectivity index (χ4n) is 2.62. The molecule has 0 aromatic rings. The summed E-state index contributed by atoms with van der Waals surface area (Å²) in [6, 6.07) is 0. The van der Waals surface area contributed by atoms with Crippen LogP contribution in [0.3, 0.4) is 0 Å². The number of carbonyl (C=O) groups excluding carboxylic acids is 1. The lowest BCUT2D eigenvalue weighted by atomic mass is 9.99. The lowest BCUT2D eigenvalue weighted by Crippen LogP contribution is -2.20. The normalized spacial score (nSPS) is 35.7. The summed E-state index contributed by atoms with van der Waals surface area (Å²) >= 11 is 0. The van der Waals surface area contributed by atoms with E-state index < -0.39 is 0 Å². The zero-order valence-corrected chi connectivity index (χ0v) is 14.9. The van der Waals surface area contributed by atoms with E-state index in [0.717, 1.165) is 25.7 Å². The quantitative estimate of drug-likeness (QED) is 0.430. The molecule has 0 saturated heterocycles. The summed E-state index contributed by atoms with van der Waals surface area (Å²) in [5, 5.41) is 0. The highest BCUT2D eigenvalue weighted by atomic mass is 16.5. The summed E-state index contributed by atoms with van der Waals surface area (Å²) in [6.45, 7) is 10.7. The van der Waals surface area contributed by atoms with Crippen molar-refractivity contribution in [2.45, 2.75) is 72.8 Å². The van der Waals surface area contributed by atoms with Gasteiger partial charge >= 0.3 is 5.97 Å². The summed E-state index contributed by atoms with van der Waals surface area (Å²) in [4.78, 5) is 11.9. The Balaban J connectivity index is 2.78. The molecule has 0 saturated carbocycles. The molecule has 0 bridgehead atoms. The average Bonchev–Trinajstić information content (AvgIpc) is 2.43. The van der Waals surface area contributed by atoms with Crippen LogP contribution in [-0.4, -0.2) is 12.1 Å². The van der Waals surface area contributed by atoms with Crippen molar-refractivity contribution in [1.82, 2.24) is 0 Å². The van der Waals surface area contributed by atoms with Crippen LogP contribution < -0.4 is 0 Å². The van der Waals surface area contributed by atoms with E-state index in [2.05, 4.69) is 52.0 Å². The molecule has 0 unspecified atom stereocenters. The highest BCUT2D eigenvalue weighted by Crippen LogP contribution is 2.17. The summed E-state index contributed by atoms with van der Waals surface area (Å²) in [5.74, 6) is 0.724. The molecule has 0 amide bonds. The molecule has 0 aromatic carbocycles. The number of rotatable bonds is 0. The van der Waals surface area contributed by atoms with Gasteiger partial charge in [0.1, 0.15) is 6.10 Å². The van der Waals surface area contributed by atoms with Gasteiger partial charge in [0.25, 0.3) is 0 Å². The van der Waals surface area contributed by atoms with Crippen LogP contribution in [0.5, 0.6) is 0 Å². The number of cyclic esters (lactones) is 1. The van der Waals surface area contributed by atoms with Gasteiger partial charge in [-0.25, -0.2) is 0 Å². The van der Waals surface area contributed by atoms with Crippen LogP contribution in [0.2, 0.25) is 0 Å². The average molecular weight is 304 g/mol. The monoisotopic (exact) mass is 304 g/mol. The highest BCUT2D eigenvalue weighted by Gasteiger charge is 2.14. The zero-order valence-electron chi connectivity index (χ0n) is 14.9. The maximum absolute atomic E-state index is 11.9. The van der Waals surface area contributed by atoms with Crippen molar-refractivity contribution in [1.29, 1.82) is 0 Å². The predicted molar refractivity (Wildman–Crippen MR) is 93.6 cm³/mol. The van der Waals surface area contributed by atoms with Gasteiger partial charge in [-0.2, -0.15) is 0 Å². The number of allylic oxidation sites excluding steroid dienone is 5. The first-order chi connectivity index (χ1) is 10.4. The van der Waals surface area contributed by atoms with E-state index in [1.54, 1.807) is 0 Å². The van der Waals surface area contributed by atoms with Crippen LogP contribution in [0.15, 0.2) is 35.5 Å². The van der Waals surface area contributed by atoms with Gasteiger partial charge in [0.05, 0.1) is 0 Å². The second kappa shape index (κ2) is 9.66. The molecule has 2 nitrogen and oxygen atoms in total. The Kier molecular flexibility index (Phi) is 8.22. The number of hydrogen-bond acceptors (Lipinski definition) is 2. The molecule has 0 aromatic heterocycles. The molecule has 3 atom stereocenters. The van der Waals surface area contributed by atoms with Crippen LogP contribution in [-0.2, 0) is 9.53 Å². The standard InChI is InChI=1S/C20H32O2/c1-15-8-6-9-16(2)14-17(3)10-7-11-18(4)19(5)22-20(21)13-12-15/h7-8,11,14,17-19H,6,9-10,12-13H2,1-5H3/b11-7+,15-8+,16-14+/t17-,18-,19-/m0/s1. The van der Waals surface area contributed by atoms with E-state index >= 15 is 0 Å².